The van der Waals surface area contributed by atoms with Crippen molar-refractivity contribution in [1.29, 1.82) is 0 Å². The van der Waals surface area contributed by atoms with Gasteiger partial charge in [-0.3, -0.25) is 0 Å². The van der Waals surface area contributed by atoms with Gasteiger partial charge in [0.15, 0.2) is 11.6 Å². The van der Waals surface area contributed by atoms with E-state index in [9.17, 15) is 0 Å². The molecule has 0 radical (unpaired) electrons. The Morgan fingerprint density at radius 3 is 2.83 bits per heavy atom. The zero-order valence-corrected chi connectivity index (χ0v) is 7.09. The third-order valence-electron chi connectivity index (χ3n) is 1.08. The van der Waals surface area contributed by atoms with Gasteiger partial charge in [0.2, 0.25) is 5.28 Å². The number of methoxy groups -OCH3 is 1. The van der Waals surface area contributed by atoms with Crippen LogP contribution in [0.1, 0.15) is 0 Å². The van der Waals surface area contributed by atoms with E-state index in [0.29, 0.717) is 11.6 Å². The Labute approximate surface area is 74.0 Å². The minimum atomic E-state index is 0. The van der Waals surface area contributed by atoms with Gasteiger partial charge in [0.25, 0.3) is 0 Å². The van der Waals surface area contributed by atoms with Gasteiger partial charge in [0, 0.05) is 0 Å². The second-order valence-electron chi connectivity index (χ2n) is 1.70. The fourth-order valence-electron chi connectivity index (χ4n) is 0.602. The number of anilines is 1. The van der Waals surface area contributed by atoms with E-state index in [1.165, 1.54) is 13.3 Å². The van der Waals surface area contributed by atoms with Crippen LogP contribution in [0.25, 0.3) is 0 Å². The summed E-state index contributed by atoms with van der Waals surface area (Å²) in [6.07, 6.45) is 1.44. The maximum Gasteiger partial charge on any atom is 0.224 e. The highest BCUT2D eigenvalue weighted by Gasteiger charge is 2.03. The summed E-state index contributed by atoms with van der Waals surface area (Å²) < 4.78 is 4.87. The number of nitrogen functional groups attached to an aromatic ring is 1. The number of nitrogens with two attached hydrogens (primary N) is 1. The molecule has 5 N–H and O–H groups in total. The molecular weight excluding hydrogens is 184 g/mol. The van der Waals surface area contributed by atoms with Crippen molar-refractivity contribution in [3.05, 3.63) is 11.5 Å². The third-order valence-corrected chi connectivity index (χ3v) is 1.26. The fourth-order valence-corrected chi connectivity index (χ4v) is 0.735. The molecule has 7 heteroatoms. The Balaban J connectivity index is 0.00000121. The smallest absolute Gasteiger partial charge is 0.224 e. The Bertz CT molecular complexity index is 257. The molecule has 12 heavy (non-hydrogen) atoms. The number of nitrogens with zero attached hydrogens (tertiary/aromatic N) is 2. The number of aromatic nitrogens is 2. The Morgan fingerprint density at radius 1 is 1.67 bits per heavy atom. The summed E-state index contributed by atoms with van der Waals surface area (Å²) >= 11 is 5.48. The number of hydrogen-bond acceptors (Lipinski definition) is 5. The maximum absolute atomic E-state index is 5.48. The molecule has 1 heterocycles. The quantitative estimate of drug-likeness (QED) is 0.377. The predicted octanol–water partition coefficient (Wildman–Crippen LogP) is -0.401. The average Bonchev–Trinajstić information content (AvgIpc) is 2.04. The summed E-state index contributed by atoms with van der Waals surface area (Å²) in [4.78, 5) is 7.45. The highest BCUT2D eigenvalue weighted by molar-refractivity contribution is 6.28. The van der Waals surface area contributed by atoms with Gasteiger partial charge in [0.1, 0.15) is 0 Å². The minimum Gasteiger partial charge on any atom is -0.491 e. The third kappa shape index (κ3) is 2.19. The first-order valence-electron chi connectivity index (χ1n) is 2.81. The van der Waals surface area contributed by atoms with Crippen LogP contribution in [0.15, 0.2) is 6.20 Å². The summed E-state index contributed by atoms with van der Waals surface area (Å²) in [6.45, 7) is 0. The largest absolute Gasteiger partial charge is 0.491 e. The first kappa shape index (κ1) is 10.9. The normalized spacial score (nSPS) is 8.58. The lowest BCUT2D eigenvalue weighted by Crippen LogP contribution is -2.10. The number of nitrogens with one attached hydrogen (secondary N) is 1. The maximum atomic E-state index is 5.48. The van der Waals surface area contributed by atoms with Gasteiger partial charge < -0.3 is 15.6 Å². The van der Waals surface area contributed by atoms with E-state index in [-0.39, 0.29) is 10.8 Å². The van der Waals surface area contributed by atoms with Crippen molar-refractivity contribution in [1.82, 2.24) is 9.97 Å². The van der Waals surface area contributed by atoms with Gasteiger partial charge in [-0.05, 0) is 11.6 Å². The summed E-state index contributed by atoms with van der Waals surface area (Å²) in [6, 6.07) is 0. The highest BCUT2D eigenvalue weighted by atomic mass is 35.5. The minimum absolute atomic E-state index is 0. The Morgan fingerprint density at radius 2 is 2.33 bits per heavy atom. The van der Waals surface area contributed by atoms with Crippen LogP contribution in [-0.4, -0.2) is 22.6 Å². The van der Waals surface area contributed by atoms with Gasteiger partial charge >= 0.3 is 0 Å². The van der Waals surface area contributed by atoms with E-state index >= 15 is 0 Å². The number of hydrogen-bond donors (Lipinski definition) is 2. The zero-order valence-electron chi connectivity index (χ0n) is 6.34. The van der Waals surface area contributed by atoms with Crippen molar-refractivity contribution in [2.45, 2.75) is 0 Å². The van der Waals surface area contributed by atoms with E-state index in [1.54, 1.807) is 0 Å². The number of rotatable bonds is 2. The van der Waals surface area contributed by atoms with Crippen LogP contribution < -0.4 is 16.0 Å². The summed E-state index contributed by atoms with van der Waals surface area (Å²) in [7, 11) is 1.49. The predicted molar refractivity (Wildman–Crippen MR) is 45.0 cm³/mol. The van der Waals surface area contributed by atoms with Gasteiger partial charge in [-0.2, -0.15) is 4.98 Å². The lowest BCUT2D eigenvalue weighted by Gasteiger charge is -2.04. The van der Waals surface area contributed by atoms with Crippen LogP contribution >= 0.6 is 11.6 Å². The number of hydrazine groups is 1. The van der Waals surface area contributed by atoms with Gasteiger partial charge in [-0.1, -0.05) is 0 Å². The molecule has 0 fully saturated rings. The van der Waals surface area contributed by atoms with E-state index in [0.717, 1.165) is 0 Å². The molecule has 1 aromatic heterocycles. The van der Waals surface area contributed by atoms with Gasteiger partial charge in [-0.25, -0.2) is 10.8 Å². The SMILES string of the molecule is COc1cnc(Cl)nc1NN.O. The molecule has 0 saturated heterocycles. The molecule has 0 aliphatic heterocycles. The van der Waals surface area contributed by atoms with Crippen LogP contribution in [-0.2, 0) is 0 Å². The average molecular weight is 193 g/mol. The molecule has 0 aliphatic carbocycles. The summed E-state index contributed by atoms with van der Waals surface area (Å²) in [5, 5.41) is 0.124. The van der Waals surface area contributed by atoms with Crippen molar-refractivity contribution < 1.29 is 10.2 Å². The number of ether oxygens (including phenoxy) is 1. The molecule has 0 aliphatic rings. The molecule has 0 spiro atoms. The molecule has 0 bridgehead atoms. The molecule has 0 unspecified atom stereocenters. The monoisotopic (exact) mass is 192 g/mol. The standard InChI is InChI=1S/C5H7ClN4O.H2O/c1-11-3-2-8-5(6)9-4(3)10-7;/h2H,7H2,1H3,(H,8,9,10);1H2. The van der Waals surface area contributed by atoms with Crippen molar-refractivity contribution in [2.24, 2.45) is 5.84 Å². The molecule has 68 valence electrons. The molecule has 0 amide bonds. The topological polar surface area (TPSA) is 105 Å². The van der Waals surface area contributed by atoms with Crippen LogP contribution in [0.5, 0.6) is 5.75 Å². The van der Waals surface area contributed by atoms with Crippen molar-refractivity contribution in [2.75, 3.05) is 12.5 Å². The van der Waals surface area contributed by atoms with Crippen LogP contribution in [0.4, 0.5) is 5.82 Å². The van der Waals surface area contributed by atoms with Crippen molar-refractivity contribution >= 4 is 17.4 Å². The zero-order chi connectivity index (χ0) is 8.27. The summed E-state index contributed by atoms with van der Waals surface area (Å²) in [5.74, 6) is 5.94. The van der Waals surface area contributed by atoms with Crippen LogP contribution in [0.2, 0.25) is 5.28 Å². The molecule has 0 saturated carbocycles. The second kappa shape index (κ2) is 4.70. The van der Waals surface area contributed by atoms with Crippen molar-refractivity contribution in [3.8, 4) is 5.75 Å². The van der Waals surface area contributed by atoms with Gasteiger partial charge in [-0.15, -0.1) is 0 Å². The first-order valence-corrected chi connectivity index (χ1v) is 3.19. The van der Waals surface area contributed by atoms with Crippen molar-refractivity contribution in [3.63, 3.8) is 0 Å². The lowest BCUT2D eigenvalue weighted by atomic mass is 10.5. The van der Waals surface area contributed by atoms with E-state index in [2.05, 4.69) is 15.4 Å². The lowest BCUT2D eigenvalue weighted by molar-refractivity contribution is 0.412. The first-order chi connectivity index (χ1) is 5.27. The van der Waals surface area contributed by atoms with Crippen LogP contribution in [0, 0.1) is 0 Å². The van der Waals surface area contributed by atoms with E-state index in [4.69, 9.17) is 22.2 Å². The molecule has 1 aromatic rings. The molecule has 0 atom stereocenters. The molecular formula is C5H9ClN4O2. The fraction of sp³-hybridized carbons (Fsp3) is 0.200. The molecule has 1 rings (SSSR count). The van der Waals surface area contributed by atoms with E-state index < -0.39 is 0 Å². The van der Waals surface area contributed by atoms with Crippen LogP contribution in [0.3, 0.4) is 0 Å². The molecule has 6 nitrogen and oxygen atoms in total. The Kier molecular flexibility index (Phi) is 4.27. The van der Waals surface area contributed by atoms with E-state index in [1.807, 2.05) is 0 Å². The Hall–Kier alpha value is -1.11. The molecule has 0 aromatic carbocycles. The summed E-state index contributed by atoms with van der Waals surface area (Å²) in [5.41, 5.74) is 2.33. The van der Waals surface area contributed by atoms with Gasteiger partial charge in [0.05, 0.1) is 13.3 Å². The number of halogens is 1. The second-order valence-corrected chi connectivity index (χ2v) is 2.04. The highest BCUT2D eigenvalue weighted by Crippen LogP contribution is 2.19.